The van der Waals surface area contributed by atoms with Gasteiger partial charge in [0.25, 0.3) is 0 Å². The molecule has 8 nitrogen and oxygen atoms in total. The summed E-state index contributed by atoms with van der Waals surface area (Å²) in [5.41, 5.74) is 1.42. The maximum Gasteiger partial charge on any atom is 0.192 e. The maximum atomic E-state index is 5.15. The predicted octanol–water partition coefficient (Wildman–Crippen LogP) is 1.53. The number of aliphatic imine (C=N–C) groups is 1. The van der Waals surface area contributed by atoms with Gasteiger partial charge in [-0.25, -0.2) is 4.99 Å². The normalized spacial score (nSPS) is 16.5. The van der Waals surface area contributed by atoms with Crippen molar-refractivity contribution < 1.29 is 4.74 Å². The molecule has 2 aromatic heterocycles. The third kappa shape index (κ3) is 6.02. The summed E-state index contributed by atoms with van der Waals surface area (Å²) in [5.74, 6) is 2.56. The van der Waals surface area contributed by atoms with Gasteiger partial charge in [-0.15, -0.1) is 10.2 Å². The maximum absolute atomic E-state index is 5.15. The van der Waals surface area contributed by atoms with Gasteiger partial charge >= 0.3 is 0 Å². The van der Waals surface area contributed by atoms with Crippen molar-refractivity contribution in [2.24, 2.45) is 12.0 Å². The van der Waals surface area contributed by atoms with E-state index in [1.807, 2.05) is 18.5 Å². The number of nitrogens with one attached hydrogen (secondary N) is 2. The van der Waals surface area contributed by atoms with E-state index in [0.717, 1.165) is 56.6 Å². The molecule has 0 radical (unpaired) electrons. The fourth-order valence-corrected chi connectivity index (χ4v) is 3.89. The van der Waals surface area contributed by atoms with Crippen molar-refractivity contribution in [3.63, 3.8) is 0 Å². The molecule has 3 heterocycles. The third-order valence-corrected chi connectivity index (χ3v) is 5.81. The van der Waals surface area contributed by atoms with Gasteiger partial charge in [0, 0.05) is 46.4 Å². The smallest absolute Gasteiger partial charge is 0.192 e. The lowest BCUT2D eigenvalue weighted by Gasteiger charge is -2.33. The van der Waals surface area contributed by atoms with E-state index < -0.39 is 0 Å². The Bertz CT molecular complexity index is 736. The van der Waals surface area contributed by atoms with Gasteiger partial charge < -0.3 is 19.9 Å². The fourth-order valence-electron chi connectivity index (χ4n) is 3.23. The fraction of sp³-hybridized carbons (Fsp3) is 0.632. The van der Waals surface area contributed by atoms with E-state index in [9.17, 15) is 0 Å². The lowest BCUT2D eigenvalue weighted by molar-refractivity contribution is 0.196. The summed E-state index contributed by atoms with van der Waals surface area (Å²) in [6.07, 6.45) is 2.22. The Hall–Kier alpha value is -1.97. The molecule has 0 amide bonds. The molecule has 2 N–H and O–H groups in total. The largest absolute Gasteiger partial charge is 0.383 e. The molecule has 2 aromatic rings. The number of hydrogen-bond donors (Lipinski definition) is 2. The van der Waals surface area contributed by atoms with Crippen LogP contribution in [0.5, 0.6) is 0 Å². The van der Waals surface area contributed by atoms with Crippen LogP contribution in [0, 0.1) is 6.92 Å². The Labute approximate surface area is 171 Å². The van der Waals surface area contributed by atoms with Crippen molar-refractivity contribution in [2.45, 2.75) is 38.9 Å². The molecule has 0 bridgehead atoms. The summed E-state index contributed by atoms with van der Waals surface area (Å²) in [6.45, 7) is 7.05. The van der Waals surface area contributed by atoms with Crippen molar-refractivity contribution in [1.29, 1.82) is 0 Å². The topological polar surface area (TPSA) is 79.6 Å². The van der Waals surface area contributed by atoms with Crippen molar-refractivity contribution in [1.82, 2.24) is 30.3 Å². The van der Waals surface area contributed by atoms with Crippen LogP contribution in [0.2, 0.25) is 0 Å². The first-order chi connectivity index (χ1) is 13.7. The molecule has 0 unspecified atom stereocenters. The highest BCUT2D eigenvalue weighted by Gasteiger charge is 2.20. The van der Waals surface area contributed by atoms with Gasteiger partial charge in [0.15, 0.2) is 11.8 Å². The molecule has 0 atom stereocenters. The highest BCUT2D eigenvalue weighted by molar-refractivity contribution is 7.07. The highest BCUT2D eigenvalue weighted by Crippen LogP contribution is 2.15. The van der Waals surface area contributed by atoms with Gasteiger partial charge in [0.1, 0.15) is 12.4 Å². The number of guanidine groups is 1. The summed E-state index contributed by atoms with van der Waals surface area (Å²) < 4.78 is 7.13. The summed E-state index contributed by atoms with van der Waals surface area (Å²) >= 11 is 1.77. The number of hydrogen-bond acceptors (Lipinski definition) is 6. The van der Waals surface area contributed by atoms with Crippen molar-refractivity contribution >= 4 is 17.3 Å². The van der Waals surface area contributed by atoms with Gasteiger partial charge in [-0.3, -0.25) is 4.90 Å². The van der Waals surface area contributed by atoms with Crippen LogP contribution in [0.1, 0.15) is 30.1 Å². The summed E-state index contributed by atoms with van der Waals surface area (Å²) in [4.78, 5) is 7.24. The van der Waals surface area contributed by atoms with Crippen molar-refractivity contribution in [3.05, 3.63) is 34.0 Å². The van der Waals surface area contributed by atoms with Crippen LogP contribution in [0.3, 0.4) is 0 Å². The average molecular weight is 406 g/mol. The number of nitrogens with zero attached hydrogens (tertiary/aromatic N) is 5. The first kappa shape index (κ1) is 20.8. The molecule has 9 heteroatoms. The number of aryl methyl sites for hydroxylation is 1. The molecule has 28 heavy (non-hydrogen) atoms. The van der Waals surface area contributed by atoms with Gasteiger partial charge in [0.05, 0.1) is 6.61 Å². The van der Waals surface area contributed by atoms with Crippen LogP contribution in [-0.2, 0) is 24.9 Å². The molecule has 1 fully saturated rings. The quantitative estimate of drug-likeness (QED) is 0.394. The number of thiophene rings is 1. The molecule has 3 rings (SSSR count). The second kappa shape index (κ2) is 10.5. The predicted molar refractivity (Wildman–Crippen MR) is 113 cm³/mol. The Kier molecular flexibility index (Phi) is 7.81. The van der Waals surface area contributed by atoms with E-state index in [1.165, 1.54) is 5.56 Å². The van der Waals surface area contributed by atoms with Crippen LogP contribution in [0.15, 0.2) is 21.8 Å². The van der Waals surface area contributed by atoms with Crippen LogP contribution in [-0.4, -0.2) is 65.0 Å². The molecule has 1 saturated heterocycles. The first-order valence-corrected chi connectivity index (χ1v) is 10.7. The third-order valence-electron chi connectivity index (χ3n) is 5.07. The van der Waals surface area contributed by atoms with E-state index in [1.54, 1.807) is 18.4 Å². The molecule has 0 aromatic carbocycles. The molecule has 0 spiro atoms. The monoisotopic (exact) mass is 405 g/mol. The van der Waals surface area contributed by atoms with E-state index in [0.29, 0.717) is 19.2 Å². The number of rotatable bonds is 8. The van der Waals surface area contributed by atoms with E-state index >= 15 is 0 Å². The second-order valence-corrected chi connectivity index (χ2v) is 7.91. The summed E-state index contributed by atoms with van der Waals surface area (Å²) in [7, 11) is 3.67. The molecule has 0 aliphatic carbocycles. The minimum Gasteiger partial charge on any atom is -0.383 e. The summed E-state index contributed by atoms with van der Waals surface area (Å²) in [6, 6.07) is 2.64. The zero-order chi connectivity index (χ0) is 19.8. The summed E-state index contributed by atoms with van der Waals surface area (Å²) in [5, 5.41) is 19.6. The second-order valence-electron chi connectivity index (χ2n) is 7.13. The lowest BCUT2D eigenvalue weighted by atomic mass is 10.0. The van der Waals surface area contributed by atoms with E-state index in [2.05, 4.69) is 42.6 Å². The Morgan fingerprint density at radius 2 is 2.18 bits per heavy atom. The minimum atomic E-state index is 0.425. The Morgan fingerprint density at radius 1 is 1.36 bits per heavy atom. The van der Waals surface area contributed by atoms with Crippen LogP contribution in [0.4, 0.5) is 0 Å². The standard InChI is InChI=1S/C19H31N7OS/c1-15-23-24-18(25(15)2)12-21-19(20-7-10-27-3)22-17-4-8-26(9-5-17)13-16-6-11-28-14-16/h6,11,14,17H,4-5,7-10,12-13H2,1-3H3,(H2,20,21,22). The Morgan fingerprint density at radius 3 is 2.82 bits per heavy atom. The van der Waals surface area contributed by atoms with Gasteiger partial charge in [-0.1, -0.05) is 0 Å². The molecule has 154 valence electrons. The lowest BCUT2D eigenvalue weighted by Crippen LogP contribution is -2.49. The van der Waals surface area contributed by atoms with Crippen molar-refractivity contribution in [2.75, 3.05) is 33.4 Å². The van der Waals surface area contributed by atoms with E-state index in [4.69, 9.17) is 9.73 Å². The molecule has 1 aliphatic heterocycles. The average Bonchev–Trinajstić information content (AvgIpc) is 3.32. The molecular weight excluding hydrogens is 374 g/mol. The van der Waals surface area contributed by atoms with Gasteiger partial charge in [0.2, 0.25) is 0 Å². The first-order valence-electron chi connectivity index (χ1n) is 9.78. The number of ether oxygens (including phenoxy) is 1. The van der Waals surface area contributed by atoms with Crippen LogP contribution < -0.4 is 10.6 Å². The number of piperidine rings is 1. The number of likely N-dealkylation sites (tertiary alicyclic amines) is 1. The number of aromatic nitrogens is 3. The molecule has 1 aliphatic rings. The van der Waals surface area contributed by atoms with Gasteiger partial charge in [-0.2, -0.15) is 11.3 Å². The number of methoxy groups -OCH3 is 1. The minimum absolute atomic E-state index is 0.425. The highest BCUT2D eigenvalue weighted by atomic mass is 32.1. The Balaban J connectivity index is 1.52. The van der Waals surface area contributed by atoms with Crippen molar-refractivity contribution in [3.8, 4) is 0 Å². The zero-order valence-electron chi connectivity index (χ0n) is 17.0. The SMILES string of the molecule is COCCNC(=NCc1nnc(C)n1C)NC1CCN(Cc2ccsc2)CC1. The van der Waals surface area contributed by atoms with Crippen LogP contribution in [0.25, 0.3) is 0 Å². The molecular formula is C19H31N7OS. The zero-order valence-corrected chi connectivity index (χ0v) is 17.8. The molecule has 0 saturated carbocycles. The van der Waals surface area contributed by atoms with Gasteiger partial charge in [-0.05, 0) is 42.2 Å². The van der Waals surface area contributed by atoms with Crippen LogP contribution >= 0.6 is 11.3 Å². The van der Waals surface area contributed by atoms with E-state index in [-0.39, 0.29) is 0 Å².